The summed E-state index contributed by atoms with van der Waals surface area (Å²) in [4.78, 5) is 5.04. The van der Waals surface area contributed by atoms with Gasteiger partial charge in [-0.2, -0.15) is 5.10 Å². The summed E-state index contributed by atoms with van der Waals surface area (Å²) >= 11 is 0. The van der Waals surface area contributed by atoms with Crippen molar-refractivity contribution in [1.82, 2.24) is 19.3 Å². The predicted molar refractivity (Wildman–Crippen MR) is 129 cm³/mol. The molecule has 0 saturated heterocycles. The third-order valence-corrected chi connectivity index (χ3v) is 5.96. The predicted octanol–water partition coefficient (Wildman–Crippen LogP) is 6.40. The Kier molecular flexibility index (Phi) is 5.00. The molecule has 162 valence electrons. The van der Waals surface area contributed by atoms with Gasteiger partial charge in [0.2, 0.25) is 0 Å². The smallest absolute Gasteiger partial charge is 0.144 e. The molecule has 2 aromatic heterocycles. The van der Waals surface area contributed by atoms with Crippen LogP contribution in [-0.4, -0.2) is 19.3 Å². The second-order valence-corrected chi connectivity index (χ2v) is 8.35. The lowest BCUT2D eigenvalue weighted by Gasteiger charge is -2.11. The first kappa shape index (κ1) is 19.6. The van der Waals surface area contributed by atoms with Gasteiger partial charge in [0.1, 0.15) is 17.3 Å². The molecule has 0 unspecified atom stereocenters. The number of hydrogen-bond donors (Lipinski definition) is 0. The molecule has 0 aliphatic carbocycles. The van der Waals surface area contributed by atoms with E-state index >= 15 is 0 Å². The summed E-state index contributed by atoms with van der Waals surface area (Å²) in [6.45, 7) is 0. The molecule has 0 spiro atoms. The van der Waals surface area contributed by atoms with Gasteiger partial charge in [0.05, 0.1) is 17.1 Å². The van der Waals surface area contributed by atoms with E-state index in [0.717, 1.165) is 71.3 Å². The number of imidazole rings is 1. The van der Waals surface area contributed by atoms with Gasteiger partial charge < -0.3 is 4.74 Å². The molecule has 0 amide bonds. The van der Waals surface area contributed by atoms with Crippen LogP contribution in [0.15, 0.2) is 97.3 Å². The van der Waals surface area contributed by atoms with E-state index in [1.165, 1.54) is 0 Å². The highest BCUT2D eigenvalue weighted by atomic mass is 16.5. The Labute approximate surface area is 192 Å². The minimum Gasteiger partial charge on any atom is -0.457 e. The standard InChI is InChI=1S/C28H24N4O/c1-2-11-24(12-3-1)31-20-23-10-5-4-9-22-16-17-32(30-22)25-13-7-15-27(19-25)33-26-14-6-8-21(18-26)28(31)29-23/h1-3,6-8,11-20H,4-5,9-10H2. The Morgan fingerprint density at radius 2 is 1.45 bits per heavy atom. The van der Waals surface area contributed by atoms with E-state index in [0.29, 0.717) is 0 Å². The molecule has 0 saturated carbocycles. The minimum atomic E-state index is 0.776. The lowest BCUT2D eigenvalue weighted by molar-refractivity contribution is 0.482. The van der Waals surface area contributed by atoms with E-state index in [1.54, 1.807) is 0 Å². The zero-order valence-electron chi connectivity index (χ0n) is 18.3. The van der Waals surface area contributed by atoms with E-state index in [2.05, 4.69) is 53.2 Å². The maximum Gasteiger partial charge on any atom is 0.144 e. The van der Waals surface area contributed by atoms with Crippen LogP contribution in [0.3, 0.4) is 0 Å². The quantitative estimate of drug-likeness (QED) is 0.308. The summed E-state index contributed by atoms with van der Waals surface area (Å²) in [5.41, 5.74) is 5.32. The second kappa shape index (κ2) is 8.43. The first-order chi connectivity index (χ1) is 16.3. The number of hydrogen-bond acceptors (Lipinski definition) is 3. The Balaban J connectivity index is 1.45. The van der Waals surface area contributed by atoms with Crippen molar-refractivity contribution < 1.29 is 4.74 Å². The Morgan fingerprint density at radius 3 is 2.33 bits per heavy atom. The zero-order valence-corrected chi connectivity index (χ0v) is 18.3. The highest BCUT2D eigenvalue weighted by Crippen LogP contribution is 2.30. The minimum absolute atomic E-state index is 0.776. The largest absolute Gasteiger partial charge is 0.457 e. The fraction of sp³-hybridized carbons (Fsp3) is 0.143. The number of fused-ring (bicyclic) bond motifs is 10. The van der Waals surface area contributed by atoms with Gasteiger partial charge in [-0.25, -0.2) is 9.67 Å². The third-order valence-electron chi connectivity index (χ3n) is 5.96. The van der Waals surface area contributed by atoms with Crippen molar-refractivity contribution in [3.05, 3.63) is 109 Å². The van der Waals surface area contributed by atoms with Crippen LogP contribution in [0.5, 0.6) is 11.5 Å². The maximum atomic E-state index is 6.25. The molecule has 1 aliphatic heterocycles. The Hall–Kier alpha value is -4.12. The molecule has 0 atom stereocenters. The van der Waals surface area contributed by atoms with Gasteiger partial charge in [-0.3, -0.25) is 4.57 Å². The SMILES string of the molecule is c1ccc(-n2cc3nc2-c2cccc(c2)Oc2cccc(c2)-n2ccc(n2)CCCC3)cc1. The van der Waals surface area contributed by atoms with Crippen LogP contribution in [0.2, 0.25) is 0 Å². The summed E-state index contributed by atoms with van der Waals surface area (Å²) in [6, 6.07) is 28.7. The van der Waals surface area contributed by atoms with Crippen LogP contribution in [-0.2, 0) is 12.8 Å². The van der Waals surface area contributed by atoms with Crippen molar-refractivity contribution in [2.24, 2.45) is 0 Å². The summed E-state index contributed by atoms with van der Waals surface area (Å²) in [7, 11) is 0. The van der Waals surface area contributed by atoms with Crippen molar-refractivity contribution in [2.75, 3.05) is 0 Å². The highest BCUT2D eigenvalue weighted by molar-refractivity contribution is 5.62. The molecule has 0 fully saturated rings. The first-order valence-electron chi connectivity index (χ1n) is 11.4. The van der Waals surface area contributed by atoms with Crippen LogP contribution in [0.4, 0.5) is 0 Å². The summed E-state index contributed by atoms with van der Waals surface area (Å²) in [5, 5.41) is 4.77. The van der Waals surface area contributed by atoms with E-state index in [4.69, 9.17) is 14.8 Å². The molecular formula is C28H24N4O. The Bertz CT molecular complexity index is 1400. The molecule has 5 heteroatoms. The molecule has 0 N–H and O–H groups in total. The highest BCUT2D eigenvalue weighted by Gasteiger charge is 2.14. The van der Waals surface area contributed by atoms with Crippen molar-refractivity contribution >= 4 is 0 Å². The van der Waals surface area contributed by atoms with Crippen molar-refractivity contribution in [2.45, 2.75) is 25.7 Å². The number of aryl methyl sites for hydroxylation is 2. The summed E-state index contributed by atoms with van der Waals surface area (Å²) in [6.07, 6.45) is 8.21. The average molecular weight is 433 g/mol. The van der Waals surface area contributed by atoms with Crippen LogP contribution in [0.1, 0.15) is 24.2 Å². The maximum absolute atomic E-state index is 6.25. The molecule has 5 nitrogen and oxygen atoms in total. The number of aromatic nitrogens is 4. The molecule has 3 aromatic carbocycles. The molecular weight excluding hydrogens is 408 g/mol. The van der Waals surface area contributed by atoms with Crippen LogP contribution >= 0.6 is 0 Å². The van der Waals surface area contributed by atoms with Crippen molar-refractivity contribution in [1.29, 1.82) is 0 Å². The van der Waals surface area contributed by atoms with Gasteiger partial charge in [-0.15, -0.1) is 0 Å². The van der Waals surface area contributed by atoms with Crippen LogP contribution in [0.25, 0.3) is 22.8 Å². The second-order valence-electron chi connectivity index (χ2n) is 8.35. The van der Waals surface area contributed by atoms with Gasteiger partial charge in [-0.1, -0.05) is 36.4 Å². The fourth-order valence-corrected chi connectivity index (χ4v) is 4.31. The van der Waals surface area contributed by atoms with Gasteiger partial charge in [0.25, 0.3) is 0 Å². The van der Waals surface area contributed by atoms with Gasteiger partial charge in [-0.05, 0) is 68.1 Å². The number of benzene rings is 3. The molecule has 0 radical (unpaired) electrons. The molecule has 3 heterocycles. The molecule has 33 heavy (non-hydrogen) atoms. The first-order valence-corrected chi connectivity index (χ1v) is 11.4. The third kappa shape index (κ3) is 4.05. The number of ether oxygens (including phenoxy) is 1. The number of para-hydroxylation sites is 1. The molecule has 5 aromatic rings. The lowest BCUT2D eigenvalue weighted by atomic mass is 10.1. The number of nitrogens with zero attached hydrogens (tertiary/aromatic N) is 4. The topological polar surface area (TPSA) is 44.9 Å². The van der Waals surface area contributed by atoms with E-state index < -0.39 is 0 Å². The molecule has 1 aliphatic rings. The molecule has 6 rings (SSSR count). The van der Waals surface area contributed by atoms with E-state index in [9.17, 15) is 0 Å². The normalized spacial score (nSPS) is 13.2. The monoisotopic (exact) mass is 432 g/mol. The van der Waals surface area contributed by atoms with Gasteiger partial charge in [0, 0.05) is 29.7 Å². The van der Waals surface area contributed by atoms with Gasteiger partial charge in [0.15, 0.2) is 0 Å². The van der Waals surface area contributed by atoms with E-state index in [1.807, 2.05) is 53.3 Å². The van der Waals surface area contributed by atoms with Crippen LogP contribution < -0.4 is 4.74 Å². The lowest BCUT2D eigenvalue weighted by Crippen LogP contribution is -1.98. The fourth-order valence-electron chi connectivity index (χ4n) is 4.31. The summed E-state index contributed by atoms with van der Waals surface area (Å²) in [5.74, 6) is 2.48. The average Bonchev–Trinajstić information content (AvgIpc) is 3.50. The van der Waals surface area contributed by atoms with Crippen molar-refractivity contribution in [3.63, 3.8) is 0 Å². The van der Waals surface area contributed by atoms with Gasteiger partial charge >= 0.3 is 0 Å². The molecule has 8 bridgehead atoms. The number of rotatable bonds is 1. The van der Waals surface area contributed by atoms with Crippen molar-refractivity contribution in [3.8, 4) is 34.3 Å². The van der Waals surface area contributed by atoms with E-state index in [-0.39, 0.29) is 0 Å². The summed E-state index contributed by atoms with van der Waals surface area (Å²) < 4.78 is 10.3. The van der Waals surface area contributed by atoms with Crippen LogP contribution in [0, 0.1) is 0 Å². The zero-order chi connectivity index (χ0) is 22.0. The Morgan fingerprint density at radius 1 is 0.697 bits per heavy atom.